The SMILES string of the molecule is O=C(COc1ccc(C2(C(F)(F)F)N=N2)cc1I)NC(CO[C@H]1[C@H](O)[C@@H](O)C(O)O[C@@H]1CO)CO[C@H]1[C@H](O)[C@@H](O)C(O)O[C@@H]1CO. The third-order valence-electron chi connectivity index (χ3n) is 7.41. The second kappa shape index (κ2) is 15.1. The summed E-state index contributed by atoms with van der Waals surface area (Å²) in [5.74, 6) is -0.747. The predicted octanol–water partition coefficient (Wildman–Crippen LogP) is -3.03. The summed E-state index contributed by atoms with van der Waals surface area (Å²) in [6.07, 6.45) is -20.9. The van der Waals surface area contributed by atoms with Gasteiger partial charge in [0, 0.05) is 5.56 Å². The Morgan fingerprint density at radius 3 is 1.83 bits per heavy atom. The van der Waals surface area contributed by atoms with E-state index in [9.17, 15) is 58.8 Å². The van der Waals surface area contributed by atoms with Crippen LogP contribution in [0.2, 0.25) is 0 Å². The summed E-state index contributed by atoms with van der Waals surface area (Å²) in [7, 11) is 0. The number of nitrogens with zero attached hydrogens (tertiary/aromatic N) is 2. The van der Waals surface area contributed by atoms with E-state index in [1.54, 1.807) is 22.6 Å². The average Bonchev–Trinajstić information content (AvgIpc) is 3.83. The van der Waals surface area contributed by atoms with Gasteiger partial charge in [-0.15, -0.1) is 10.2 Å². The van der Waals surface area contributed by atoms with Gasteiger partial charge in [-0.3, -0.25) is 4.79 Å². The number of carbonyl (C=O) groups is 1. The molecule has 4 rings (SSSR count). The predicted molar refractivity (Wildman–Crippen MR) is 149 cm³/mol. The van der Waals surface area contributed by atoms with E-state index in [0.29, 0.717) is 0 Å². The fraction of sp³-hybridized carbons (Fsp3) is 0.720. The average molecular weight is 783 g/mol. The molecule has 10 atom stereocenters. The third kappa shape index (κ3) is 8.04. The Kier molecular flexibility index (Phi) is 12.2. The van der Waals surface area contributed by atoms with Crippen molar-refractivity contribution >= 4 is 28.5 Å². The van der Waals surface area contributed by atoms with Gasteiger partial charge in [0.2, 0.25) is 0 Å². The highest BCUT2D eigenvalue weighted by molar-refractivity contribution is 14.1. The number of aliphatic hydroxyl groups is 8. The lowest BCUT2D eigenvalue weighted by Crippen LogP contribution is -2.61. The molecule has 3 aliphatic rings. The van der Waals surface area contributed by atoms with Gasteiger partial charge in [-0.25, -0.2) is 0 Å². The van der Waals surface area contributed by atoms with Crippen LogP contribution >= 0.6 is 22.6 Å². The first kappa shape index (κ1) is 37.0. The molecule has 3 heterocycles. The summed E-state index contributed by atoms with van der Waals surface area (Å²) >= 11 is 1.72. The fourth-order valence-corrected chi connectivity index (χ4v) is 5.49. The van der Waals surface area contributed by atoms with E-state index < -0.39 is 118 Å². The van der Waals surface area contributed by atoms with Crippen LogP contribution in [0.1, 0.15) is 5.56 Å². The Labute approximate surface area is 271 Å². The number of halogens is 4. The van der Waals surface area contributed by atoms with Gasteiger partial charge in [0.1, 0.15) is 54.6 Å². The number of hydrogen-bond acceptors (Lipinski definition) is 16. The van der Waals surface area contributed by atoms with Crippen LogP contribution in [0.5, 0.6) is 5.75 Å². The molecule has 2 unspecified atom stereocenters. The minimum absolute atomic E-state index is 0.0585. The van der Waals surface area contributed by atoms with Crippen molar-refractivity contribution in [2.24, 2.45) is 10.2 Å². The molecule has 260 valence electrons. The molecule has 1 amide bonds. The number of rotatable bonds is 13. The number of alkyl halides is 3. The first-order valence-corrected chi connectivity index (χ1v) is 14.8. The highest BCUT2D eigenvalue weighted by atomic mass is 127. The number of carbonyl (C=O) groups excluding carboxylic acids is 1. The Morgan fingerprint density at radius 2 is 1.41 bits per heavy atom. The molecule has 21 heteroatoms. The summed E-state index contributed by atoms with van der Waals surface area (Å²) in [6, 6.07) is 2.32. The van der Waals surface area contributed by atoms with Gasteiger partial charge in [0.05, 0.1) is 36.0 Å². The Morgan fingerprint density at radius 1 is 0.913 bits per heavy atom. The van der Waals surface area contributed by atoms with Crippen molar-refractivity contribution in [2.45, 2.75) is 79.3 Å². The van der Waals surface area contributed by atoms with Gasteiger partial charge in [-0.2, -0.15) is 13.2 Å². The maximum atomic E-state index is 13.3. The highest BCUT2D eigenvalue weighted by Gasteiger charge is 2.65. The molecule has 2 saturated heterocycles. The Hall–Kier alpha value is -1.87. The molecule has 0 saturated carbocycles. The maximum Gasteiger partial charge on any atom is 0.442 e. The molecule has 0 radical (unpaired) electrons. The molecule has 0 aromatic heterocycles. The molecule has 46 heavy (non-hydrogen) atoms. The first-order valence-electron chi connectivity index (χ1n) is 13.7. The van der Waals surface area contributed by atoms with Gasteiger partial charge in [-0.1, -0.05) is 6.07 Å². The molecule has 1 aromatic rings. The van der Waals surface area contributed by atoms with Crippen LogP contribution < -0.4 is 10.1 Å². The Balaban J connectivity index is 1.42. The largest absolute Gasteiger partial charge is 0.483 e. The molecule has 1 aromatic carbocycles. The van der Waals surface area contributed by atoms with E-state index in [1.165, 1.54) is 6.07 Å². The van der Waals surface area contributed by atoms with Crippen molar-refractivity contribution in [1.29, 1.82) is 0 Å². The molecule has 2 fully saturated rings. The molecule has 0 spiro atoms. The van der Waals surface area contributed by atoms with Crippen molar-refractivity contribution in [3.05, 3.63) is 27.3 Å². The van der Waals surface area contributed by atoms with Gasteiger partial charge in [-0.05, 0) is 34.7 Å². The fourth-order valence-electron chi connectivity index (χ4n) is 4.82. The molecule has 9 N–H and O–H groups in total. The minimum Gasteiger partial charge on any atom is -0.483 e. The van der Waals surface area contributed by atoms with E-state index in [0.717, 1.165) is 12.1 Å². The van der Waals surface area contributed by atoms with E-state index in [2.05, 4.69) is 15.5 Å². The molecular weight excluding hydrogens is 750 g/mol. The zero-order valence-electron chi connectivity index (χ0n) is 23.6. The number of aliphatic hydroxyl groups excluding tert-OH is 8. The normalized spacial score (nSPS) is 34.6. The van der Waals surface area contributed by atoms with E-state index in [-0.39, 0.29) is 14.9 Å². The summed E-state index contributed by atoms with van der Waals surface area (Å²) < 4.78 is 67.0. The molecular formula is C25H33F3IN3O14. The third-order valence-corrected chi connectivity index (χ3v) is 8.25. The van der Waals surface area contributed by atoms with Crippen molar-refractivity contribution in [2.75, 3.05) is 33.0 Å². The van der Waals surface area contributed by atoms with Gasteiger partial charge >= 0.3 is 11.8 Å². The van der Waals surface area contributed by atoms with Gasteiger partial charge < -0.3 is 69.9 Å². The van der Waals surface area contributed by atoms with Gasteiger partial charge in [0.25, 0.3) is 5.91 Å². The zero-order valence-corrected chi connectivity index (χ0v) is 25.7. The molecule has 17 nitrogen and oxygen atoms in total. The molecule has 0 aliphatic carbocycles. The standard InChI is InChI=1S/C25H33F3IN3O14/c26-25(27,28)24(31-32-24)9-1-2-12(11(29)3-9)42-8-15(35)30-10(6-43-20-13(4-33)45-22(40)18(38)16(20)36)7-44-21-14(5-34)46-23(41)19(39)17(21)37/h1-3,10,13-14,16-23,33-34,36-41H,4-8H2,(H,30,35)/t10?,13-,14-,16-,17-,18-,19-,20-,21-,22?,23?/m1/s1. The van der Waals surface area contributed by atoms with E-state index in [4.69, 9.17) is 23.7 Å². The van der Waals surface area contributed by atoms with Crippen LogP contribution in [0, 0.1) is 3.57 Å². The smallest absolute Gasteiger partial charge is 0.442 e. The van der Waals surface area contributed by atoms with E-state index >= 15 is 0 Å². The minimum atomic E-state index is -4.73. The van der Waals surface area contributed by atoms with E-state index in [1.807, 2.05) is 0 Å². The van der Waals surface area contributed by atoms with Gasteiger partial charge in [0.15, 0.2) is 19.2 Å². The number of nitrogens with one attached hydrogen (secondary N) is 1. The number of ether oxygens (including phenoxy) is 5. The first-order chi connectivity index (χ1) is 21.6. The second-order valence-corrected chi connectivity index (χ2v) is 11.8. The van der Waals surface area contributed by atoms with Crippen LogP contribution in [0.15, 0.2) is 28.4 Å². The summed E-state index contributed by atoms with van der Waals surface area (Å²) in [6.45, 7) is -3.15. The zero-order chi connectivity index (χ0) is 34.0. The number of benzene rings is 1. The second-order valence-electron chi connectivity index (χ2n) is 10.6. The lowest BCUT2D eigenvalue weighted by molar-refractivity contribution is -0.299. The van der Waals surface area contributed by atoms with Crippen molar-refractivity contribution in [3.8, 4) is 5.75 Å². The summed E-state index contributed by atoms with van der Waals surface area (Å²) in [4.78, 5) is 12.9. The summed E-state index contributed by atoms with van der Waals surface area (Å²) in [5, 5.41) is 88.2. The maximum absolute atomic E-state index is 13.3. The van der Waals surface area contributed by atoms with Crippen LogP contribution in [0.3, 0.4) is 0 Å². The lowest BCUT2D eigenvalue weighted by atomic mass is 9.99. The van der Waals surface area contributed by atoms with Crippen LogP contribution in [0.25, 0.3) is 0 Å². The highest BCUT2D eigenvalue weighted by Crippen LogP contribution is 2.52. The number of amides is 1. The quantitative estimate of drug-likeness (QED) is 0.0903. The van der Waals surface area contributed by atoms with Crippen LogP contribution in [-0.4, -0.2) is 153 Å². The summed E-state index contributed by atoms with van der Waals surface area (Å²) in [5.41, 5.74) is -2.88. The van der Waals surface area contributed by atoms with Crippen molar-refractivity contribution < 1.29 is 82.5 Å². The van der Waals surface area contributed by atoms with Crippen LogP contribution in [-0.2, 0) is 29.4 Å². The van der Waals surface area contributed by atoms with Crippen molar-refractivity contribution in [1.82, 2.24) is 5.32 Å². The lowest BCUT2D eigenvalue weighted by Gasteiger charge is -2.41. The topological polar surface area (TPSA) is 262 Å². The Bertz CT molecular complexity index is 1180. The molecule has 0 bridgehead atoms. The molecule has 3 aliphatic heterocycles. The van der Waals surface area contributed by atoms with Crippen LogP contribution in [0.4, 0.5) is 13.2 Å². The monoisotopic (exact) mass is 783 g/mol. The number of hydrogen-bond donors (Lipinski definition) is 9. The van der Waals surface area contributed by atoms with Crippen molar-refractivity contribution in [3.63, 3.8) is 0 Å².